The van der Waals surface area contributed by atoms with Crippen molar-refractivity contribution >= 4 is 0 Å². The third-order valence-corrected chi connectivity index (χ3v) is 5.61. The van der Waals surface area contributed by atoms with Crippen molar-refractivity contribution in [3.05, 3.63) is 35.9 Å². The van der Waals surface area contributed by atoms with E-state index in [1.54, 1.807) is 0 Å². The summed E-state index contributed by atoms with van der Waals surface area (Å²) in [5.41, 5.74) is 1.45. The Hall–Kier alpha value is -0.860. The summed E-state index contributed by atoms with van der Waals surface area (Å²) >= 11 is 0. The van der Waals surface area contributed by atoms with E-state index >= 15 is 0 Å². The lowest BCUT2D eigenvalue weighted by atomic mass is 9.96. The normalized spacial score (nSPS) is 28.5. The maximum atomic E-state index is 3.75. The molecule has 1 aromatic rings. The van der Waals surface area contributed by atoms with E-state index in [0.717, 1.165) is 18.4 Å². The van der Waals surface area contributed by atoms with E-state index in [1.807, 2.05) is 0 Å². The number of nitrogens with one attached hydrogen (secondary N) is 1. The molecule has 4 atom stereocenters. The molecule has 0 spiro atoms. The van der Waals surface area contributed by atoms with E-state index in [0.29, 0.717) is 12.1 Å². The van der Waals surface area contributed by atoms with Gasteiger partial charge in [0.15, 0.2) is 0 Å². The molecule has 3 rings (SSSR count). The highest BCUT2D eigenvalue weighted by Gasteiger charge is 2.40. The molecule has 1 saturated heterocycles. The zero-order chi connectivity index (χ0) is 14.7. The van der Waals surface area contributed by atoms with Gasteiger partial charge < -0.3 is 5.32 Å². The monoisotopic (exact) mass is 286 g/mol. The molecule has 1 aliphatic carbocycles. The van der Waals surface area contributed by atoms with E-state index < -0.39 is 0 Å². The second-order valence-corrected chi connectivity index (χ2v) is 6.83. The van der Waals surface area contributed by atoms with Crippen molar-refractivity contribution < 1.29 is 0 Å². The van der Waals surface area contributed by atoms with Gasteiger partial charge in [-0.15, -0.1) is 0 Å². The van der Waals surface area contributed by atoms with Crippen molar-refractivity contribution in [1.82, 2.24) is 10.2 Å². The van der Waals surface area contributed by atoms with Gasteiger partial charge in [0, 0.05) is 25.2 Å². The van der Waals surface area contributed by atoms with E-state index in [4.69, 9.17) is 0 Å². The van der Waals surface area contributed by atoms with Crippen LogP contribution < -0.4 is 5.32 Å². The van der Waals surface area contributed by atoms with Gasteiger partial charge in [-0.3, -0.25) is 4.90 Å². The molecule has 1 N–H and O–H groups in total. The average molecular weight is 286 g/mol. The van der Waals surface area contributed by atoms with E-state index in [-0.39, 0.29) is 0 Å². The van der Waals surface area contributed by atoms with Gasteiger partial charge in [-0.05, 0) is 43.2 Å². The first-order valence-corrected chi connectivity index (χ1v) is 8.85. The van der Waals surface area contributed by atoms with Crippen LogP contribution in [0.15, 0.2) is 30.3 Å². The molecular weight excluding hydrogens is 256 g/mol. The molecule has 2 nitrogen and oxygen atoms in total. The number of rotatable bonds is 6. The zero-order valence-corrected chi connectivity index (χ0v) is 13.6. The maximum Gasteiger partial charge on any atom is 0.0477 e. The fourth-order valence-corrected chi connectivity index (χ4v) is 4.60. The standard InChI is InChI=1S/C19H30N2/c1-3-18(21-13-16-11-8-12-17(16)14-21)19(20-4-2)15-9-6-5-7-10-15/h5-7,9-10,16-20H,3-4,8,11-14H2,1-2H3. The lowest BCUT2D eigenvalue weighted by molar-refractivity contribution is 0.173. The first kappa shape index (κ1) is 15.1. The van der Waals surface area contributed by atoms with Crippen molar-refractivity contribution in [3.8, 4) is 0 Å². The van der Waals surface area contributed by atoms with Gasteiger partial charge in [0.05, 0.1) is 0 Å². The van der Waals surface area contributed by atoms with Gasteiger partial charge in [0.25, 0.3) is 0 Å². The highest BCUT2D eigenvalue weighted by Crippen LogP contribution is 2.40. The SMILES string of the molecule is CCNC(c1ccccc1)C(CC)N1CC2CCCC2C1. The summed E-state index contributed by atoms with van der Waals surface area (Å²) in [6.07, 6.45) is 5.63. The number of benzene rings is 1. The van der Waals surface area contributed by atoms with Crippen molar-refractivity contribution in [3.63, 3.8) is 0 Å². The average Bonchev–Trinajstić information content (AvgIpc) is 3.09. The molecule has 1 heterocycles. The summed E-state index contributed by atoms with van der Waals surface area (Å²) in [4.78, 5) is 2.79. The molecule has 1 aliphatic heterocycles. The first-order chi connectivity index (χ1) is 10.3. The molecule has 0 aromatic heterocycles. The van der Waals surface area contributed by atoms with Crippen molar-refractivity contribution in [1.29, 1.82) is 0 Å². The van der Waals surface area contributed by atoms with Crippen LogP contribution in [0, 0.1) is 11.8 Å². The second-order valence-electron chi connectivity index (χ2n) is 6.83. The number of nitrogens with zero attached hydrogens (tertiary/aromatic N) is 1. The Kier molecular flexibility index (Phi) is 4.97. The Morgan fingerprint density at radius 1 is 1.10 bits per heavy atom. The van der Waals surface area contributed by atoms with Crippen LogP contribution in [0.25, 0.3) is 0 Å². The summed E-state index contributed by atoms with van der Waals surface area (Å²) in [6.45, 7) is 8.28. The van der Waals surface area contributed by atoms with E-state index in [9.17, 15) is 0 Å². The van der Waals surface area contributed by atoms with Crippen LogP contribution in [-0.4, -0.2) is 30.6 Å². The summed E-state index contributed by atoms with van der Waals surface area (Å²) in [7, 11) is 0. The van der Waals surface area contributed by atoms with Gasteiger partial charge in [0.1, 0.15) is 0 Å². The number of hydrogen-bond donors (Lipinski definition) is 1. The topological polar surface area (TPSA) is 15.3 Å². The molecular formula is C19H30N2. The lowest BCUT2D eigenvalue weighted by Crippen LogP contribution is -2.43. The van der Waals surface area contributed by atoms with Crippen LogP contribution in [0.4, 0.5) is 0 Å². The number of fused-ring (bicyclic) bond motifs is 1. The number of likely N-dealkylation sites (tertiary alicyclic amines) is 1. The fraction of sp³-hybridized carbons (Fsp3) is 0.684. The van der Waals surface area contributed by atoms with Crippen LogP contribution in [0.3, 0.4) is 0 Å². The van der Waals surface area contributed by atoms with Crippen molar-refractivity contribution in [2.24, 2.45) is 11.8 Å². The van der Waals surface area contributed by atoms with Crippen LogP contribution in [-0.2, 0) is 0 Å². The zero-order valence-electron chi connectivity index (χ0n) is 13.6. The van der Waals surface area contributed by atoms with E-state index in [2.05, 4.69) is 54.4 Å². The summed E-state index contributed by atoms with van der Waals surface area (Å²) in [6, 6.07) is 12.1. The molecule has 2 heteroatoms. The van der Waals surface area contributed by atoms with Crippen LogP contribution >= 0.6 is 0 Å². The lowest BCUT2D eigenvalue weighted by Gasteiger charge is -2.35. The van der Waals surface area contributed by atoms with Gasteiger partial charge in [-0.25, -0.2) is 0 Å². The molecule has 2 fully saturated rings. The van der Waals surface area contributed by atoms with Gasteiger partial charge in [-0.1, -0.05) is 50.6 Å². The van der Waals surface area contributed by atoms with E-state index in [1.165, 1.54) is 44.3 Å². The van der Waals surface area contributed by atoms with Crippen LogP contribution in [0.5, 0.6) is 0 Å². The molecule has 0 amide bonds. The van der Waals surface area contributed by atoms with Crippen molar-refractivity contribution in [2.75, 3.05) is 19.6 Å². The largest absolute Gasteiger partial charge is 0.309 e. The Balaban J connectivity index is 1.76. The number of hydrogen-bond acceptors (Lipinski definition) is 2. The Morgan fingerprint density at radius 2 is 1.76 bits per heavy atom. The molecule has 21 heavy (non-hydrogen) atoms. The smallest absolute Gasteiger partial charge is 0.0477 e. The quantitative estimate of drug-likeness (QED) is 0.854. The van der Waals surface area contributed by atoms with Crippen LogP contribution in [0.2, 0.25) is 0 Å². The highest BCUT2D eigenvalue weighted by molar-refractivity contribution is 5.21. The van der Waals surface area contributed by atoms with Gasteiger partial charge in [0.2, 0.25) is 0 Å². The summed E-state index contributed by atoms with van der Waals surface area (Å²) < 4.78 is 0. The number of likely N-dealkylation sites (N-methyl/N-ethyl adjacent to an activating group) is 1. The maximum absolute atomic E-state index is 3.75. The molecule has 0 bridgehead atoms. The molecule has 116 valence electrons. The van der Waals surface area contributed by atoms with Crippen molar-refractivity contribution in [2.45, 2.75) is 51.6 Å². The second kappa shape index (κ2) is 6.93. The minimum absolute atomic E-state index is 0.472. The predicted octanol–water partition coefficient (Wildman–Crippen LogP) is 3.85. The molecule has 0 radical (unpaired) electrons. The van der Waals surface area contributed by atoms with Gasteiger partial charge in [-0.2, -0.15) is 0 Å². The highest BCUT2D eigenvalue weighted by atomic mass is 15.2. The molecule has 1 aromatic carbocycles. The Morgan fingerprint density at radius 3 is 2.33 bits per heavy atom. The third kappa shape index (κ3) is 3.17. The van der Waals surface area contributed by atoms with Crippen LogP contribution in [0.1, 0.15) is 51.1 Å². The minimum Gasteiger partial charge on any atom is -0.309 e. The summed E-state index contributed by atoms with van der Waals surface area (Å²) in [5.74, 6) is 1.97. The van der Waals surface area contributed by atoms with Gasteiger partial charge >= 0.3 is 0 Å². The molecule has 4 unspecified atom stereocenters. The predicted molar refractivity (Wildman–Crippen MR) is 89.3 cm³/mol. The molecule has 2 aliphatic rings. The third-order valence-electron chi connectivity index (χ3n) is 5.61. The Bertz CT molecular complexity index is 418. The minimum atomic E-state index is 0.472. The molecule has 1 saturated carbocycles. The fourth-order valence-electron chi connectivity index (χ4n) is 4.60. The first-order valence-electron chi connectivity index (χ1n) is 8.85. The summed E-state index contributed by atoms with van der Waals surface area (Å²) in [5, 5.41) is 3.75. The Labute approximate surface area is 129 Å².